The van der Waals surface area contributed by atoms with E-state index in [1.807, 2.05) is 48.5 Å². The zero-order chi connectivity index (χ0) is 33.5. The molecule has 0 fully saturated rings. The maximum atomic E-state index is 6.48. The molecular weight excluding hydrogens is 631 g/mol. The van der Waals surface area contributed by atoms with Gasteiger partial charge in [0.05, 0.1) is 0 Å². The number of aliphatic imine (C=N–C) groups is 1. The van der Waals surface area contributed by atoms with E-state index in [-0.39, 0.29) is 12.3 Å². The van der Waals surface area contributed by atoms with Crippen molar-refractivity contribution in [2.45, 2.75) is 12.3 Å². The van der Waals surface area contributed by atoms with Gasteiger partial charge in [-0.05, 0) is 53.1 Å². The maximum Gasteiger partial charge on any atom is 0.143 e. The van der Waals surface area contributed by atoms with Crippen molar-refractivity contribution in [3.05, 3.63) is 168 Å². The molecular formula is C45H29N3O3. The van der Waals surface area contributed by atoms with Crippen LogP contribution < -0.4 is 10.6 Å². The van der Waals surface area contributed by atoms with Gasteiger partial charge < -0.3 is 18.6 Å². The Kier molecular flexibility index (Phi) is 6.05. The highest BCUT2D eigenvalue weighted by molar-refractivity contribution is 6.19. The topological polar surface area (TPSA) is 75.8 Å². The Morgan fingerprint density at radius 3 is 1.86 bits per heavy atom. The van der Waals surface area contributed by atoms with Crippen LogP contribution in [0.2, 0.25) is 0 Å². The molecule has 2 N–H and O–H groups in total. The SMILES string of the molecule is c1ccc(C2NC(c3cccc4oc5ccccc5c34)=NC(c3ccc4oc5cccc(-c6cccc7c6oc6ccccc67)c5c4c3)N2)cc1. The number of amidine groups is 1. The molecule has 2 unspecified atom stereocenters. The molecule has 11 rings (SSSR count). The number of hydrogen-bond donors (Lipinski definition) is 2. The summed E-state index contributed by atoms with van der Waals surface area (Å²) in [5, 5.41) is 13.9. The highest BCUT2D eigenvalue weighted by atomic mass is 16.3. The predicted octanol–water partition coefficient (Wildman–Crippen LogP) is 11.4. The third kappa shape index (κ3) is 4.37. The van der Waals surface area contributed by atoms with Gasteiger partial charge in [0.15, 0.2) is 0 Å². The molecule has 3 aromatic heterocycles. The summed E-state index contributed by atoms with van der Waals surface area (Å²) in [6.07, 6.45) is -0.532. The minimum absolute atomic E-state index is 0.185. The lowest BCUT2D eigenvalue weighted by Crippen LogP contribution is -2.45. The average molecular weight is 660 g/mol. The second-order valence-corrected chi connectivity index (χ2v) is 13.1. The minimum atomic E-state index is -0.347. The molecule has 6 nitrogen and oxygen atoms in total. The smallest absolute Gasteiger partial charge is 0.143 e. The number of hydrogen-bond acceptors (Lipinski definition) is 6. The van der Waals surface area contributed by atoms with Gasteiger partial charge in [0, 0.05) is 43.4 Å². The fraction of sp³-hybridized carbons (Fsp3) is 0.0444. The maximum absolute atomic E-state index is 6.48. The minimum Gasteiger partial charge on any atom is -0.456 e. The number of nitrogens with one attached hydrogen (secondary N) is 2. The quantitative estimate of drug-likeness (QED) is 0.197. The fourth-order valence-electron chi connectivity index (χ4n) is 7.85. The number of para-hydroxylation sites is 3. The zero-order valence-corrected chi connectivity index (χ0v) is 27.3. The van der Waals surface area contributed by atoms with Gasteiger partial charge in [-0.2, -0.15) is 0 Å². The molecule has 0 aliphatic carbocycles. The number of rotatable bonds is 4. The lowest BCUT2D eigenvalue weighted by molar-refractivity contribution is 0.409. The molecule has 242 valence electrons. The van der Waals surface area contributed by atoms with Gasteiger partial charge in [0.2, 0.25) is 0 Å². The second-order valence-electron chi connectivity index (χ2n) is 13.1. The van der Waals surface area contributed by atoms with Gasteiger partial charge in [0.25, 0.3) is 0 Å². The number of fused-ring (bicyclic) bond motifs is 9. The summed E-state index contributed by atoms with van der Waals surface area (Å²) < 4.78 is 19.2. The van der Waals surface area contributed by atoms with Crippen LogP contribution in [0.25, 0.3) is 76.9 Å². The van der Waals surface area contributed by atoms with Crippen LogP contribution in [0.15, 0.2) is 170 Å². The number of nitrogens with zero attached hydrogens (tertiary/aromatic N) is 1. The first-order valence-electron chi connectivity index (χ1n) is 17.2. The van der Waals surface area contributed by atoms with Crippen molar-refractivity contribution in [1.82, 2.24) is 10.6 Å². The van der Waals surface area contributed by atoms with Crippen molar-refractivity contribution < 1.29 is 13.3 Å². The Labute approximate surface area is 291 Å². The van der Waals surface area contributed by atoms with Crippen LogP contribution in [-0.2, 0) is 0 Å². The Morgan fingerprint density at radius 2 is 1.04 bits per heavy atom. The molecule has 51 heavy (non-hydrogen) atoms. The van der Waals surface area contributed by atoms with Crippen LogP contribution in [0.1, 0.15) is 29.0 Å². The van der Waals surface area contributed by atoms with Gasteiger partial charge in [-0.15, -0.1) is 0 Å². The van der Waals surface area contributed by atoms with Crippen LogP contribution in [0.3, 0.4) is 0 Å². The molecule has 4 heterocycles. The van der Waals surface area contributed by atoms with E-state index >= 15 is 0 Å². The van der Waals surface area contributed by atoms with Gasteiger partial charge >= 0.3 is 0 Å². The van der Waals surface area contributed by atoms with Crippen LogP contribution in [0.5, 0.6) is 0 Å². The molecule has 2 atom stereocenters. The van der Waals surface area contributed by atoms with E-state index < -0.39 is 0 Å². The van der Waals surface area contributed by atoms with Crippen molar-refractivity contribution in [2.75, 3.05) is 0 Å². The molecule has 1 aliphatic rings. The van der Waals surface area contributed by atoms with E-state index in [2.05, 4.69) is 114 Å². The summed E-state index contributed by atoms with van der Waals surface area (Å²) >= 11 is 0. The molecule has 0 amide bonds. The fourth-order valence-corrected chi connectivity index (χ4v) is 7.85. The van der Waals surface area contributed by atoms with Gasteiger partial charge in [-0.25, -0.2) is 4.99 Å². The summed E-state index contributed by atoms with van der Waals surface area (Å²) in [4.78, 5) is 5.36. The van der Waals surface area contributed by atoms with E-state index in [1.165, 1.54) is 0 Å². The number of benzene rings is 7. The lowest BCUT2D eigenvalue weighted by atomic mass is 9.96. The van der Waals surface area contributed by atoms with Crippen molar-refractivity contribution in [3.8, 4) is 11.1 Å². The monoisotopic (exact) mass is 659 g/mol. The predicted molar refractivity (Wildman–Crippen MR) is 205 cm³/mol. The van der Waals surface area contributed by atoms with Crippen molar-refractivity contribution in [1.29, 1.82) is 0 Å². The van der Waals surface area contributed by atoms with Crippen LogP contribution in [0.4, 0.5) is 0 Å². The van der Waals surface area contributed by atoms with Crippen LogP contribution in [-0.4, -0.2) is 5.84 Å². The van der Waals surface area contributed by atoms with E-state index in [0.717, 1.165) is 99.5 Å². The van der Waals surface area contributed by atoms with E-state index in [4.69, 9.17) is 18.2 Å². The van der Waals surface area contributed by atoms with Gasteiger partial charge in [0.1, 0.15) is 51.7 Å². The van der Waals surface area contributed by atoms with Crippen molar-refractivity contribution >= 4 is 71.7 Å². The summed E-state index contributed by atoms with van der Waals surface area (Å²) in [5.41, 5.74) is 10.4. The molecule has 0 bridgehead atoms. The largest absolute Gasteiger partial charge is 0.456 e. The Bertz CT molecular complexity index is 3000. The first-order valence-corrected chi connectivity index (χ1v) is 17.2. The summed E-state index contributed by atoms with van der Waals surface area (Å²) in [6.45, 7) is 0. The standard InChI is InChI=1S/C45H29N3O3/c1-2-11-26(12-3-1)43-46-44(48-45(47-43)33-18-10-22-39-41(33)32-14-5-7-20-36(32)49-39)27-23-24-37-34(25-27)40-29(15-9-21-38(40)50-37)31-17-8-16-30-28-13-4-6-19-35(28)51-42(30)31/h1-25,43-44,46H,(H,47,48). The summed E-state index contributed by atoms with van der Waals surface area (Å²) in [6, 6.07) is 52.0. The third-order valence-corrected chi connectivity index (χ3v) is 10.2. The Morgan fingerprint density at radius 1 is 0.431 bits per heavy atom. The molecule has 6 heteroatoms. The highest BCUT2D eigenvalue weighted by Gasteiger charge is 2.28. The average Bonchev–Trinajstić information content (AvgIpc) is 3.89. The van der Waals surface area contributed by atoms with Crippen LogP contribution >= 0.6 is 0 Å². The summed E-state index contributed by atoms with van der Waals surface area (Å²) in [7, 11) is 0. The zero-order valence-electron chi connectivity index (χ0n) is 27.3. The van der Waals surface area contributed by atoms with E-state index in [1.54, 1.807) is 0 Å². The van der Waals surface area contributed by atoms with E-state index in [9.17, 15) is 0 Å². The van der Waals surface area contributed by atoms with Gasteiger partial charge in [-0.1, -0.05) is 115 Å². The molecule has 0 radical (unpaired) electrons. The molecule has 7 aromatic carbocycles. The van der Waals surface area contributed by atoms with E-state index in [0.29, 0.717) is 0 Å². The molecule has 0 saturated carbocycles. The van der Waals surface area contributed by atoms with Crippen LogP contribution in [0, 0.1) is 0 Å². The highest BCUT2D eigenvalue weighted by Crippen LogP contribution is 2.42. The summed E-state index contributed by atoms with van der Waals surface area (Å²) in [5.74, 6) is 0.805. The lowest BCUT2D eigenvalue weighted by Gasteiger charge is -2.32. The second kappa shape index (κ2) is 10.9. The Balaban J connectivity index is 1.10. The number of furan rings is 3. The third-order valence-electron chi connectivity index (χ3n) is 10.2. The molecule has 1 aliphatic heterocycles. The first kappa shape index (κ1) is 28.2. The molecule has 10 aromatic rings. The normalized spacial score (nSPS) is 16.4. The molecule has 0 saturated heterocycles. The first-order chi connectivity index (χ1) is 25.3. The van der Waals surface area contributed by atoms with Crippen molar-refractivity contribution in [3.63, 3.8) is 0 Å². The van der Waals surface area contributed by atoms with Crippen molar-refractivity contribution in [2.24, 2.45) is 4.99 Å². The molecule has 0 spiro atoms. The van der Waals surface area contributed by atoms with Gasteiger partial charge in [-0.3, -0.25) is 5.32 Å². The Hall–Kier alpha value is -6.63.